The second-order valence-electron chi connectivity index (χ2n) is 4.85. The number of ether oxygens (including phenoxy) is 2. The van der Waals surface area contributed by atoms with Crippen molar-refractivity contribution in [2.45, 2.75) is 37.8 Å². The van der Waals surface area contributed by atoms with E-state index in [9.17, 15) is 0 Å². The number of hydrogen-bond donors (Lipinski definition) is 1. The van der Waals surface area contributed by atoms with E-state index < -0.39 is 0 Å². The smallest absolute Gasteiger partial charge is 0.118 e. The van der Waals surface area contributed by atoms with Crippen LogP contribution in [0.5, 0.6) is 5.75 Å². The van der Waals surface area contributed by atoms with E-state index in [1.165, 1.54) is 31.2 Å². The molecule has 0 amide bonds. The van der Waals surface area contributed by atoms with Crippen molar-refractivity contribution < 1.29 is 9.47 Å². The fraction of sp³-hybridized carbons (Fsp3) is 0.600. The summed E-state index contributed by atoms with van der Waals surface area (Å²) in [5, 5.41) is 3.31. The van der Waals surface area contributed by atoms with Gasteiger partial charge in [0.15, 0.2) is 0 Å². The quantitative estimate of drug-likeness (QED) is 0.841. The summed E-state index contributed by atoms with van der Waals surface area (Å²) < 4.78 is 11.1. The molecule has 3 heteroatoms. The number of methoxy groups -OCH3 is 1. The van der Waals surface area contributed by atoms with Crippen LogP contribution in [0.25, 0.3) is 0 Å². The molecule has 1 aliphatic rings. The lowest BCUT2D eigenvalue weighted by Crippen LogP contribution is -2.24. The van der Waals surface area contributed by atoms with Gasteiger partial charge in [0, 0.05) is 0 Å². The third-order valence-electron chi connectivity index (χ3n) is 3.67. The van der Waals surface area contributed by atoms with E-state index in [-0.39, 0.29) is 6.04 Å². The Labute approximate surface area is 109 Å². The van der Waals surface area contributed by atoms with Crippen molar-refractivity contribution in [3.05, 3.63) is 29.8 Å². The average Bonchev–Trinajstić information content (AvgIpc) is 2.93. The van der Waals surface area contributed by atoms with Crippen molar-refractivity contribution in [2.75, 3.05) is 20.8 Å². The van der Waals surface area contributed by atoms with Gasteiger partial charge in [-0.3, -0.25) is 0 Å². The Kier molecular flexibility index (Phi) is 5.02. The van der Waals surface area contributed by atoms with E-state index in [0.717, 1.165) is 12.4 Å². The van der Waals surface area contributed by atoms with Crippen molar-refractivity contribution in [3.8, 4) is 5.75 Å². The van der Waals surface area contributed by atoms with Gasteiger partial charge < -0.3 is 14.8 Å². The molecule has 0 radical (unpaired) electrons. The molecule has 1 fully saturated rings. The molecule has 1 saturated carbocycles. The summed E-state index contributed by atoms with van der Waals surface area (Å²) in [7, 11) is 3.67. The van der Waals surface area contributed by atoms with Crippen molar-refractivity contribution in [3.63, 3.8) is 0 Å². The van der Waals surface area contributed by atoms with Crippen LogP contribution in [-0.2, 0) is 4.74 Å². The van der Waals surface area contributed by atoms with Gasteiger partial charge in [-0.2, -0.15) is 0 Å². The zero-order valence-electron chi connectivity index (χ0n) is 11.3. The van der Waals surface area contributed by atoms with Crippen LogP contribution >= 0.6 is 0 Å². The van der Waals surface area contributed by atoms with Gasteiger partial charge in [0.2, 0.25) is 0 Å². The second kappa shape index (κ2) is 6.76. The number of nitrogens with one attached hydrogen (secondary N) is 1. The lowest BCUT2D eigenvalue weighted by Gasteiger charge is -2.20. The topological polar surface area (TPSA) is 30.5 Å². The van der Waals surface area contributed by atoms with Crippen LogP contribution < -0.4 is 10.1 Å². The van der Waals surface area contributed by atoms with Crippen molar-refractivity contribution in [1.29, 1.82) is 0 Å². The molecule has 1 N–H and O–H groups in total. The molecular formula is C15H23NO2. The molecule has 0 bridgehead atoms. The highest BCUT2D eigenvalue weighted by molar-refractivity contribution is 5.29. The van der Waals surface area contributed by atoms with E-state index in [1.54, 1.807) is 7.11 Å². The molecular weight excluding hydrogens is 226 g/mol. The Hall–Kier alpha value is -1.06. The van der Waals surface area contributed by atoms with Crippen molar-refractivity contribution in [1.82, 2.24) is 5.32 Å². The molecule has 2 rings (SSSR count). The maximum Gasteiger partial charge on any atom is 0.118 e. The first-order valence-corrected chi connectivity index (χ1v) is 6.76. The van der Waals surface area contributed by atoms with Gasteiger partial charge in [0.25, 0.3) is 0 Å². The van der Waals surface area contributed by atoms with E-state index in [0.29, 0.717) is 6.10 Å². The Bertz CT molecular complexity index is 344. The minimum absolute atomic E-state index is 0.261. The highest BCUT2D eigenvalue weighted by Gasteiger charge is 2.18. The highest BCUT2D eigenvalue weighted by atomic mass is 16.5. The van der Waals surface area contributed by atoms with Gasteiger partial charge in [-0.15, -0.1) is 0 Å². The number of rotatable bonds is 6. The molecule has 18 heavy (non-hydrogen) atoms. The summed E-state index contributed by atoms with van der Waals surface area (Å²) in [4.78, 5) is 0. The fourth-order valence-electron chi connectivity index (χ4n) is 2.47. The number of likely N-dealkylation sites (N-methyl/N-ethyl adjacent to an activating group) is 1. The summed E-state index contributed by atoms with van der Waals surface area (Å²) >= 11 is 0. The predicted octanol–water partition coefficient (Wildman–Crippen LogP) is 2.91. The molecule has 1 aromatic rings. The van der Waals surface area contributed by atoms with Gasteiger partial charge in [0.05, 0.1) is 25.9 Å². The standard InChI is InChI=1S/C15H23NO2/c1-16-15(11-18-14-5-3-4-6-14)12-7-9-13(17-2)10-8-12/h7-10,14-16H,3-6,11H2,1-2H3. The summed E-state index contributed by atoms with van der Waals surface area (Å²) in [6.45, 7) is 0.744. The SMILES string of the molecule is CNC(COC1CCCC1)c1ccc(OC)cc1. The van der Waals surface area contributed by atoms with Crippen LogP contribution in [0, 0.1) is 0 Å². The Morgan fingerprint density at radius 3 is 2.44 bits per heavy atom. The van der Waals surface area contributed by atoms with Crippen LogP contribution in [0.15, 0.2) is 24.3 Å². The molecule has 0 aliphatic heterocycles. The van der Waals surface area contributed by atoms with Gasteiger partial charge in [-0.25, -0.2) is 0 Å². The van der Waals surface area contributed by atoms with Crippen LogP contribution in [0.1, 0.15) is 37.3 Å². The summed E-state index contributed by atoms with van der Waals surface area (Å²) in [5.41, 5.74) is 1.25. The molecule has 0 heterocycles. The fourth-order valence-corrected chi connectivity index (χ4v) is 2.47. The third kappa shape index (κ3) is 3.47. The van der Waals surface area contributed by atoms with Crippen molar-refractivity contribution in [2.24, 2.45) is 0 Å². The maximum absolute atomic E-state index is 5.97. The summed E-state index contributed by atoms with van der Waals surface area (Å²) in [6, 6.07) is 8.44. The second-order valence-corrected chi connectivity index (χ2v) is 4.85. The summed E-state index contributed by atoms with van der Waals surface area (Å²) in [6.07, 6.45) is 5.55. The van der Waals surface area contributed by atoms with Crippen LogP contribution in [0.4, 0.5) is 0 Å². The molecule has 0 spiro atoms. The molecule has 1 aliphatic carbocycles. The van der Waals surface area contributed by atoms with Gasteiger partial charge in [-0.05, 0) is 37.6 Å². The number of hydrogen-bond acceptors (Lipinski definition) is 3. The molecule has 100 valence electrons. The van der Waals surface area contributed by atoms with E-state index in [1.807, 2.05) is 19.2 Å². The zero-order chi connectivity index (χ0) is 12.8. The van der Waals surface area contributed by atoms with E-state index in [4.69, 9.17) is 9.47 Å². The maximum atomic E-state index is 5.97. The summed E-state index contributed by atoms with van der Waals surface area (Å²) in [5.74, 6) is 0.894. The normalized spacial score (nSPS) is 17.9. The van der Waals surface area contributed by atoms with Gasteiger partial charge >= 0.3 is 0 Å². The Balaban J connectivity index is 1.89. The largest absolute Gasteiger partial charge is 0.497 e. The monoisotopic (exact) mass is 249 g/mol. The highest BCUT2D eigenvalue weighted by Crippen LogP contribution is 2.23. The van der Waals surface area contributed by atoms with Gasteiger partial charge in [0.1, 0.15) is 5.75 Å². The molecule has 3 nitrogen and oxygen atoms in total. The van der Waals surface area contributed by atoms with E-state index >= 15 is 0 Å². The minimum atomic E-state index is 0.261. The lowest BCUT2D eigenvalue weighted by molar-refractivity contribution is 0.0439. The first-order chi connectivity index (χ1) is 8.83. The zero-order valence-corrected chi connectivity index (χ0v) is 11.3. The van der Waals surface area contributed by atoms with Crippen LogP contribution in [0.3, 0.4) is 0 Å². The third-order valence-corrected chi connectivity index (χ3v) is 3.67. The molecule has 1 aromatic carbocycles. The molecule has 0 saturated heterocycles. The first-order valence-electron chi connectivity index (χ1n) is 6.76. The lowest BCUT2D eigenvalue weighted by atomic mass is 10.1. The molecule has 0 aromatic heterocycles. The Morgan fingerprint density at radius 1 is 1.22 bits per heavy atom. The van der Waals surface area contributed by atoms with Crippen molar-refractivity contribution >= 4 is 0 Å². The van der Waals surface area contributed by atoms with Crippen LogP contribution in [0.2, 0.25) is 0 Å². The van der Waals surface area contributed by atoms with Crippen LogP contribution in [-0.4, -0.2) is 26.9 Å². The number of benzene rings is 1. The first kappa shape index (κ1) is 13.4. The van der Waals surface area contributed by atoms with E-state index in [2.05, 4.69) is 17.4 Å². The predicted molar refractivity (Wildman–Crippen MR) is 73.0 cm³/mol. The molecule has 1 unspecified atom stereocenters. The minimum Gasteiger partial charge on any atom is -0.497 e. The average molecular weight is 249 g/mol. The van der Waals surface area contributed by atoms with Gasteiger partial charge in [-0.1, -0.05) is 25.0 Å². The molecule has 1 atom stereocenters. The Morgan fingerprint density at radius 2 is 1.89 bits per heavy atom.